The lowest BCUT2D eigenvalue weighted by Gasteiger charge is -2.26. The number of nitrogens with zero attached hydrogens (tertiary/aromatic N) is 1. The van der Waals surface area contributed by atoms with Crippen LogP contribution in [0.3, 0.4) is 0 Å². The van der Waals surface area contributed by atoms with Crippen LogP contribution in [0.5, 0.6) is 0 Å². The SMILES string of the molecule is CCCC(C(=O)O)c1cc2c3c(sc2nc1C1=CC(=O)C(C)(CCC)C=C1)CCCC3. The molecule has 2 atom stereocenters. The minimum Gasteiger partial charge on any atom is -0.481 e. The van der Waals surface area contributed by atoms with Crippen molar-refractivity contribution in [2.24, 2.45) is 5.41 Å². The number of carbonyl (C=O) groups excluding carboxylic acids is 1. The molecule has 4 rings (SSSR count). The van der Waals surface area contributed by atoms with E-state index in [0.29, 0.717) is 12.1 Å². The summed E-state index contributed by atoms with van der Waals surface area (Å²) in [6, 6.07) is 2.08. The summed E-state index contributed by atoms with van der Waals surface area (Å²) in [6.45, 7) is 6.07. The zero-order valence-electron chi connectivity index (χ0n) is 18.7. The summed E-state index contributed by atoms with van der Waals surface area (Å²) in [4.78, 5) is 32.6. The minimum atomic E-state index is -0.823. The third-order valence-electron chi connectivity index (χ3n) is 6.75. The van der Waals surface area contributed by atoms with Crippen LogP contribution >= 0.6 is 11.3 Å². The Balaban J connectivity index is 1.89. The van der Waals surface area contributed by atoms with E-state index < -0.39 is 17.3 Å². The Labute approximate surface area is 188 Å². The Morgan fingerprint density at radius 3 is 2.71 bits per heavy atom. The van der Waals surface area contributed by atoms with Crippen molar-refractivity contribution < 1.29 is 14.7 Å². The number of rotatable bonds is 7. The quantitative estimate of drug-likeness (QED) is 0.539. The number of carboxylic acids is 1. The largest absolute Gasteiger partial charge is 0.481 e. The summed E-state index contributed by atoms with van der Waals surface area (Å²) < 4.78 is 0. The van der Waals surface area contributed by atoms with Gasteiger partial charge < -0.3 is 5.11 Å². The van der Waals surface area contributed by atoms with Crippen molar-refractivity contribution in [2.75, 3.05) is 0 Å². The fourth-order valence-electron chi connectivity index (χ4n) is 4.98. The maximum Gasteiger partial charge on any atom is 0.311 e. The van der Waals surface area contributed by atoms with Gasteiger partial charge in [0.25, 0.3) is 0 Å². The van der Waals surface area contributed by atoms with Crippen LogP contribution in [0, 0.1) is 5.41 Å². The molecule has 0 saturated carbocycles. The number of hydrogen-bond donors (Lipinski definition) is 1. The maximum atomic E-state index is 13.0. The summed E-state index contributed by atoms with van der Waals surface area (Å²) in [6.07, 6.45) is 13.2. The third kappa shape index (κ3) is 4.00. The maximum absolute atomic E-state index is 13.0. The monoisotopic (exact) mass is 437 g/mol. The van der Waals surface area contributed by atoms with Crippen LogP contribution in [-0.4, -0.2) is 21.8 Å². The molecule has 0 aliphatic heterocycles. The lowest BCUT2D eigenvalue weighted by Crippen LogP contribution is -2.26. The fourth-order valence-corrected chi connectivity index (χ4v) is 6.22. The van der Waals surface area contributed by atoms with Gasteiger partial charge in [-0.15, -0.1) is 11.3 Å². The molecule has 0 radical (unpaired) electrons. The Morgan fingerprint density at radius 2 is 2.03 bits per heavy atom. The highest BCUT2D eigenvalue weighted by Gasteiger charge is 2.33. The highest BCUT2D eigenvalue weighted by atomic mass is 32.1. The Bertz CT molecular complexity index is 1090. The van der Waals surface area contributed by atoms with Crippen LogP contribution in [0.25, 0.3) is 15.8 Å². The van der Waals surface area contributed by atoms with Crippen molar-refractivity contribution in [3.63, 3.8) is 0 Å². The van der Waals surface area contributed by atoms with Gasteiger partial charge in [-0.1, -0.05) is 38.8 Å². The zero-order valence-corrected chi connectivity index (χ0v) is 19.5. The lowest BCUT2D eigenvalue weighted by atomic mass is 9.76. The van der Waals surface area contributed by atoms with Gasteiger partial charge in [0, 0.05) is 21.3 Å². The smallest absolute Gasteiger partial charge is 0.311 e. The summed E-state index contributed by atoms with van der Waals surface area (Å²) >= 11 is 1.73. The predicted molar refractivity (Wildman–Crippen MR) is 127 cm³/mol. The molecule has 4 nitrogen and oxygen atoms in total. The number of thiophene rings is 1. The number of aromatic nitrogens is 1. The zero-order chi connectivity index (χ0) is 22.2. The first-order valence-corrected chi connectivity index (χ1v) is 12.3. The lowest BCUT2D eigenvalue weighted by molar-refractivity contribution is -0.139. The molecule has 2 heterocycles. The van der Waals surface area contributed by atoms with E-state index in [1.807, 2.05) is 26.0 Å². The van der Waals surface area contributed by atoms with Gasteiger partial charge in [-0.05, 0) is 68.7 Å². The predicted octanol–water partition coefficient (Wildman–Crippen LogP) is 6.47. The standard InChI is InChI=1S/C26H31NO3S/c1-4-8-18(25(29)30)19-15-20-17-9-6-7-10-21(17)31-24(20)27-23(19)16-11-13-26(3,12-5-2)22(28)14-16/h11,13-15,18H,4-10,12H2,1-3H3,(H,29,30). The number of carbonyl (C=O) groups is 2. The average Bonchev–Trinajstić information content (AvgIpc) is 3.11. The molecule has 0 saturated heterocycles. The highest BCUT2D eigenvalue weighted by Crippen LogP contribution is 2.41. The van der Waals surface area contributed by atoms with Gasteiger partial charge in [0.05, 0.1) is 11.6 Å². The van der Waals surface area contributed by atoms with Crippen molar-refractivity contribution >= 4 is 38.9 Å². The molecule has 2 aromatic heterocycles. The molecule has 2 aromatic rings. The van der Waals surface area contributed by atoms with Gasteiger partial charge in [0.2, 0.25) is 0 Å². The fraction of sp³-hybridized carbons (Fsp3) is 0.500. The van der Waals surface area contributed by atoms with Crippen molar-refractivity contribution in [3.8, 4) is 0 Å². The molecule has 31 heavy (non-hydrogen) atoms. The van der Waals surface area contributed by atoms with Gasteiger partial charge in [-0.2, -0.15) is 0 Å². The molecule has 2 aliphatic rings. The van der Waals surface area contributed by atoms with E-state index in [1.165, 1.54) is 23.3 Å². The van der Waals surface area contributed by atoms with E-state index in [2.05, 4.69) is 13.0 Å². The van der Waals surface area contributed by atoms with Gasteiger partial charge in [-0.25, -0.2) is 4.98 Å². The molecular formula is C26H31NO3S. The van der Waals surface area contributed by atoms with Crippen LogP contribution in [0.15, 0.2) is 24.3 Å². The van der Waals surface area contributed by atoms with E-state index in [9.17, 15) is 14.7 Å². The Morgan fingerprint density at radius 1 is 1.26 bits per heavy atom. The molecule has 2 unspecified atom stereocenters. The van der Waals surface area contributed by atoms with Gasteiger partial charge in [0.1, 0.15) is 4.83 Å². The second kappa shape index (κ2) is 8.70. The molecule has 5 heteroatoms. The average molecular weight is 438 g/mol. The minimum absolute atomic E-state index is 0.0764. The van der Waals surface area contributed by atoms with E-state index in [0.717, 1.165) is 53.5 Å². The highest BCUT2D eigenvalue weighted by molar-refractivity contribution is 7.18. The van der Waals surface area contributed by atoms with Crippen LogP contribution < -0.4 is 0 Å². The molecule has 0 spiro atoms. The number of carboxylic acid groups (broad SMARTS) is 1. The molecule has 1 N–H and O–H groups in total. The molecule has 164 valence electrons. The third-order valence-corrected chi connectivity index (χ3v) is 7.95. The van der Waals surface area contributed by atoms with Crippen LogP contribution in [0.1, 0.15) is 86.9 Å². The molecule has 0 fully saturated rings. The molecule has 0 amide bonds. The number of pyridine rings is 1. The van der Waals surface area contributed by atoms with E-state index in [-0.39, 0.29) is 5.78 Å². The second-order valence-electron chi connectivity index (χ2n) is 9.13. The Hall–Kier alpha value is -2.27. The molecule has 2 aliphatic carbocycles. The number of allylic oxidation sites excluding steroid dienone is 4. The van der Waals surface area contributed by atoms with Gasteiger partial charge in [-0.3, -0.25) is 9.59 Å². The first-order valence-electron chi connectivity index (χ1n) is 11.5. The van der Waals surface area contributed by atoms with Crippen molar-refractivity contribution in [1.29, 1.82) is 0 Å². The molecule has 0 bridgehead atoms. The number of aryl methyl sites for hydroxylation is 2. The molecular weight excluding hydrogens is 406 g/mol. The summed E-state index contributed by atoms with van der Waals surface area (Å²) in [5.74, 6) is -1.37. The number of ketones is 1. The summed E-state index contributed by atoms with van der Waals surface area (Å²) in [5, 5.41) is 11.1. The van der Waals surface area contributed by atoms with Gasteiger partial charge >= 0.3 is 5.97 Å². The van der Waals surface area contributed by atoms with Crippen molar-refractivity contribution in [2.45, 2.75) is 78.1 Å². The van der Waals surface area contributed by atoms with E-state index >= 15 is 0 Å². The normalized spacial score (nSPS) is 21.8. The van der Waals surface area contributed by atoms with E-state index in [4.69, 9.17) is 4.98 Å². The van der Waals surface area contributed by atoms with Crippen LogP contribution in [0.4, 0.5) is 0 Å². The number of hydrogen-bond acceptors (Lipinski definition) is 4. The summed E-state index contributed by atoms with van der Waals surface area (Å²) in [7, 11) is 0. The van der Waals surface area contributed by atoms with Crippen molar-refractivity contribution in [3.05, 3.63) is 46.0 Å². The number of aliphatic carboxylic acids is 1. The first kappa shape index (κ1) is 21.9. The van der Waals surface area contributed by atoms with Gasteiger partial charge in [0.15, 0.2) is 5.78 Å². The van der Waals surface area contributed by atoms with E-state index in [1.54, 1.807) is 17.4 Å². The van der Waals surface area contributed by atoms with Crippen molar-refractivity contribution in [1.82, 2.24) is 4.98 Å². The topological polar surface area (TPSA) is 67.3 Å². The second-order valence-corrected chi connectivity index (χ2v) is 10.2. The Kier molecular flexibility index (Phi) is 6.16. The summed E-state index contributed by atoms with van der Waals surface area (Å²) in [5.41, 5.74) is 3.02. The first-order chi connectivity index (χ1) is 14.9. The molecule has 0 aromatic carbocycles. The number of fused-ring (bicyclic) bond motifs is 3. The van der Waals surface area contributed by atoms with Crippen LogP contribution in [0.2, 0.25) is 0 Å². The van der Waals surface area contributed by atoms with Crippen LogP contribution in [-0.2, 0) is 22.4 Å².